The lowest BCUT2D eigenvalue weighted by atomic mass is 10.1. The minimum atomic E-state index is -0.0135. The third kappa shape index (κ3) is 4.58. The lowest BCUT2D eigenvalue weighted by Gasteiger charge is -2.27. The maximum atomic E-state index is 12.4. The topological polar surface area (TPSA) is 67.4 Å². The van der Waals surface area contributed by atoms with Crippen molar-refractivity contribution in [2.45, 2.75) is 33.6 Å². The van der Waals surface area contributed by atoms with Crippen LogP contribution in [0.1, 0.15) is 28.9 Å². The molecule has 0 aliphatic carbocycles. The molecule has 1 N–H and O–H groups in total. The van der Waals surface area contributed by atoms with Crippen molar-refractivity contribution in [3.63, 3.8) is 0 Å². The average molecular weight is 354 g/mol. The van der Waals surface area contributed by atoms with E-state index in [0.29, 0.717) is 25.6 Å². The van der Waals surface area contributed by atoms with Crippen LogP contribution in [-0.4, -0.2) is 42.2 Å². The molecule has 1 aliphatic heterocycles. The Morgan fingerprint density at radius 3 is 2.50 bits per heavy atom. The second kappa shape index (κ2) is 8.27. The molecule has 0 saturated carbocycles. The molecule has 1 aliphatic rings. The van der Waals surface area contributed by atoms with Crippen LogP contribution in [0.15, 0.2) is 24.3 Å². The number of aryl methyl sites for hydroxylation is 4. The molecule has 0 spiro atoms. The largest absolute Gasteiger partial charge is 0.378 e. The summed E-state index contributed by atoms with van der Waals surface area (Å²) in [6, 6.07) is 8.25. The maximum Gasteiger partial charge on any atom is 0.226 e. The first-order chi connectivity index (χ1) is 12.5. The predicted molar refractivity (Wildman–Crippen MR) is 103 cm³/mol. The van der Waals surface area contributed by atoms with Gasteiger partial charge in [-0.3, -0.25) is 4.79 Å². The van der Waals surface area contributed by atoms with Gasteiger partial charge in [0.1, 0.15) is 0 Å². The van der Waals surface area contributed by atoms with Crippen molar-refractivity contribution < 1.29 is 9.53 Å². The van der Waals surface area contributed by atoms with Crippen LogP contribution >= 0.6 is 0 Å². The average Bonchev–Trinajstić information content (AvgIpc) is 2.63. The van der Waals surface area contributed by atoms with Gasteiger partial charge in [0.05, 0.1) is 30.3 Å². The van der Waals surface area contributed by atoms with E-state index >= 15 is 0 Å². The molecule has 26 heavy (non-hydrogen) atoms. The number of amides is 1. The third-order valence-electron chi connectivity index (χ3n) is 4.54. The highest BCUT2D eigenvalue weighted by atomic mass is 16.5. The third-order valence-corrected chi connectivity index (χ3v) is 4.54. The lowest BCUT2D eigenvalue weighted by Crippen LogP contribution is -2.37. The van der Waals surface area contributed by atoms with E-state index in [1.165, 1.54) is 11.1 Å². The van der Waals surface area contributed by atoms with Crippen LogP contribution in [0.4, 0.5) is 11.6 Å². The van der Waals surface area contributed by atoms with E-state index in [2.05, 4.69) is 45.3 Å². The van der Waals surface area contributed by atoms with E-state index < -0.39 is 0 Å². The van der Waals surface area contributed by atoms with Gasteiger partial charge in [-0.05, 0) is 32.8 Å². The molecule has 0 radical (unpaired) electrons. The lowest BCUT2D eigenvalue weighted by molar-refractivity contribution is -0.116. The molecular formula is C20H26N4O2. The first-order valence-electron chi connectivity index (χ1n) is 9.06. The second-order valence-electron chi connectivity index (χ2n) is 6.71. The quantitative estimate of drug-likeness (QED) is 0.894. The Balaban J connectivity index is 1.64. The number of ether oxygens (including phenoxy) is 1. The fourth-order valence-corrected chi connectivity index (χ4v) is 3.11. The number of nitrogens with zero attached hydrogens (tertiary/aromatic N) is 3. The molecule has 1 aromatic carbocycles. The highest BCUT2D eigenvalue weighted by molar-refractivity contribution is 5.92. The normalized spacial score (nSPS) is 14.3. The van der Waals surface area contributed by atoms with Crippen LogP contribution in [0.5, 0.6) is 0 Å². The molecule has 138 valence electrons. The van der Waals surface area contributed by atoms with E-state index in [1.807, 2.05) is 19.9 Å². The summed E-state index contributed by atoms with van der Waals surface area (Å²) in [4.78, 5) is 23.7. The monoisotopic (exact) mass is 354 g/mol. The van der Waals surface area contributed by atoms with Crippen LogP contribution in [-0.2, 0) is 16.0 Å². The molecule has 0 unspecified atom stereocenters. The Morgan fingerprint density at radius 1 is 1.15 bits per heavy atom. The Kier molecular flexibility index (Phi) is 5.83. The number of anilines is 2. The van der Waals surface area contributed by atoms with Crippen molar-refractivity contribution in [1.82, 2.24) is 9.97 Å². The summed E-state index contributed by atoms with van der Waals surface area (Å²) in [6.45, 7) is 8.85. The van der Waals surface area contributed by atoms with Crippen molar-refractivity contribution in [3.8, 4) is 0 Å². The van der Waals surface area contributed by atoms with Gasteiger partial charge in [0.15, 0.2) is 0 Å². The van der Waals surface area contributed by atoms with E-state index in [0.717, 1.165) is 36.6 Å². The van der Waals surface area contributed by atoms with Crippen LogP contribution in [0, 0.1) is 20.8 Å². The molecule has 2 aromatic rings. The van der Waals surface area contributed by atoms with Gasteiger partial charge in [0.2, 0.25) is 11.9 Å². The van der Waals surface area contributed by atoms with Crippen LogP contribution in [0.3, 0.4) is 0 Å². The molecule has 6 heteroatoms. The summed E-state index contributed by atoms with van der Waals surface area (Å²) in [7, 11) is 0. The number of hydrogen-bond donors (Lipinski definition) is 1. The van der Waals surface area contributed by atoms with E-state index in [9.17, 15) is 4.79 Å². The zero-order valence-corrected chi connectivity index (χ0v) is 15.7. The van der Waals surface area contributed by atoms with Crippen molar-refractivity contribution >= 4 is 17.5 Å². The van der Waals surface area contributed by atoms with E-state index in [1.54, 1.807) is 0 Å². The van der Waals surface area contributed by atoms with Gasteiger partial charge in [0.25, 0.3) is 0 Å². The number of nitrogens with one attached hydrogen (secondary N) is 1. The van der Waals surface area contributed by atoms with Crippen LogP contribution < -0.4 is 10.2 Å². The van der Waals surface area contributed by atoms with Gasteiger partial charge < -0.3 is 15.0 Å². The summed E-state index contributed by atoms with van der Waals surface area (Å²) in [5.41, 5.74) is 4.69. The van der Waals surface area contributed by atoms with E-state index in [4.69, 9.17) is 4.74 Å². The number of carbonyl (C=O) groups excluding carboxylic acids is 1. The van der Waals surface area contributed by atoms with Gasteiger partial charge in [-0.25, -0.2) is 9.97 Å². The number of benzene rings is 1. The Morgan fingerprint density at radius 2 is 1.85 bits per heavy atom. The van der Waals surface area contributed by atoms with Crippen LogP contribution in [0.2, 0.25) is 0 Å². The maximum absolute atomic E-state index is 12.4. The molecule has 3 rings (SSSR count). The molecule has 2 heterocycles. The fraction of sp³-hybridized carbons (Fsp3) is 0.450. The molecule has 1 saturated heterocycles. The first-order valence-corrected chi connectivity index (χ1v) is 9.06. The minimum Gasteiger partial charge on any atom is -0.378 e. The van der Waals surface area contributed by atoms with Crippen LogP contribution in [0.25, 0.3) is 0 Å². The Hall–Kier alpha value is -2.47. The van der Waals surface area contributed by atoms with Gasteiger partial charge in [-0.15, -0.1) is 0 Å². The summed E-state index contributed by atoms with van der Waals surface area (Å²) >= 11 is 0. The highest BCUT2D eigenvalue weighted by Crippen LogP contribution is 2.21. The fourth-order valence-electron chi connectivity index (χ4n) is 3.11. The molecule has 1 amide bonds. The molecule has 0 atom stereocenters. The summed E-state index contributed by atoms with van der Waals surface area (Å²) in [5.74, 6) is 0.696. The number of hydrogen-bond acceptors (Lipinski definition) is 5. The number of carbonyl (C=O) groups is 1. The van der Waals surface area contributed by atoms with Gasteiger partial charge in [0, 0.05) is 19.5 Å². The zero-order chi connectivity index (χ0) is 18.5. The number of morpholine rings is 1. The van der Waals surface area contributed by atoms with Gasteiger partial charge in [-0.1, -0.05) is 29.8 Å². The van der Waals surface area contributed by atoms with Crippen molar-refractivity contribution in [2.75, 3.05) is 36.5 Å². The molecule has 1 aromatic heterocycles. The highest BCUT2D eigenvalue weighted by Gasteiger charge is 2.17. The molecule has 6 nitrogen and oxygen atoms in total. The number of aromatic nitrogens is 2. The molecule has 1 fully saturated rings. The van der Waals surface area contributed by atoms with Crippen molar-refractivity contribution in [1.29, 1.82) is 0 Å². The predicted octanol–water partition coefficient (Wildman–Crippen LogP) is 2.81. The smallest absolute Gasteiger partial charge is 0.226 e. The summed E-state index contributed by atoms with van der Waals surface area (Å²) in [6.07, 6.45) is 1.16. The van der Waals surface area contributed by atoms with E-state index in [-0.39, 0.29) is 5.91 Å². The second-order valence-corrected chi connectivity index (χ2v) is 6.71. The van der Waals surface area contributed by atoms with Crippen molar-refractivity contribution in [2.24, 2.45) is 0 Å². The van der Waals surface area contributed by atoms with Crippen molar-refractivity contribution in [3.05, 3.63) is 46.8 Å². The zero-order valence-electron chi connectivity index (χ0n) is 15.7. The Bertz CT molecular complexity index is 762. The van der Waals surface area contributed by atoms with Gasteiger partial charge in [-0.2, -0.15) is 0 Å². The summed E-state index contributed by atoms with van der Waals surface area (Å²) < 4.78 is 5.37. The SMILES string of the molecule is Cc1cccc(CCC(=O)Nc2c(C)nc(N3CCOCC3)nc2C)c1. The minimum absolute atomic E-state index is 0.0135. The molecular weight excluding hydrogens is 328 g/mol. The Labute approximate surface area is 154 Å². The summed E-state index contributed by atoms with van der Waals surface area (Å²) in [5, 5.41) is 2.99. The first kappa shape index (κ1) is 18.3. The molecule has 0 bridgehead atoms. The standard InChI is InChI=1S/C20H26N4O2/c1-14-5-4-6-17(13-14)7-8-18(25)23-19-15(2)21-20(22-16(19)3)24-9-11-26-12-10-24/h4-6,13H,7-12H2,1-3H3,(H,23,25). The number of rotatable bonds is 5. The van der Waals surface area contributed by atoms with Gasteiger partial charge >= 0.3 is 0 Å².